The van der Waals surface area contributed by atoms with Gasteiger partial charge in [0.25, 0.3) is 0 Å². The number of nitrogens with zero attached hydrogens (tertiary/aromatic N) is 4. The summed E-state index contributed by atoms with van der Waals surface area (Å²) in [4.78, 5) is 49.1. The number of pyridine rings is 2. The largest absolute Gasteiger partial charge is 0.481 e. The van der Waals surface area contributed by atoms with Crippen molar-refractivity contribution >= 4 is 17.8 Å². The van der Waals surface area contributed by atoms with Crippen LogP contribution in [-0.2, 0) is 17.6 Å². The smallest absolute Gasteiger partial charge is 0.320 e. The fraction of sp³-hybridized carbons (Fsp3) is 0.458. The van der Waals surface area contributed by atoms with Crippen LogP contribution >= 0.6 is 0 Å². The number of aromatic nitrogens is 2. The molecule has 1 saturated heterocycles. The summed E-state index contributed by atoms with van der Waals surface area (Å²) >= 11 is 0. The van der Waals surface area contributed by atoms with Crippen molar-refractivity contribution in [2.24, 2.45) is 0 Å². The van der Waals surface area contributed by atoms with Crippen molar-refractivity contribution < 1.29 is 24.2 Å². The number of aliphatic carboxylic acids is 1. The number of Topliss-reactive ketones (excluding diaryl/α,β-unsaturated/α-hetero) is 1. The summed E-state index contributed by atoms with van der Waals surface area (Å²) in [6.07, 6.45) is 5.65. The summed E-state index contributed by atoms with van der Waals surface area (Å²) in [5.74, 6) is -0.678. The summed E-state index contributed by atoms with van der Waals surface area (Å²) in [6, 6.07) is 6.23. The van der Waals surface area contributed by atoms with E-state index in [1.807, 2.05) is 6.07 Å². The average Bonchev–Trinajstić information content (AvgIpc) is 3.20. The molecule has 1 aliphatic carbocycles. The van der Waals surface area contributed by atoms with Crippen LogP contribution in [0.2, 0.25) is 0 Å². The Morgan fingerprint density at radius 1 is 1.15 bits per heavy atom. The Balaban J connectivity index is 1.40. The molecule has 0 spiro atoms. The van der Waals surface area contributed by atoms with Gasteiger partial charge in [0.1, 0.15) is 5.69 Å². The van der Waals surface area contributed by atoms with Gasteiger partial charge in [0.05, 0.1) is 19.6 Å². The second-order valence-corrected chi connectivity index (χ2v) is 8.39. The van der Waals surface area contributed by atoms with Crippen LogP contribution in [0.5, 0.6) is 5.88 Å². The van der Waals surface area contributed by atoms with Crippen LogP contribution in [0.3, 0.4) is 0 Å². The van der Waals surface area contributed by atoms with Crippen LogP contribution in [0.15, 0.2) is 30.5 Å². The van der Waals surface area contributed by atoms with Crippen LogP contribution in [0, 0.1) is 0 Å². The molecule has 2 aromatic rings. The molecular formula is C24H28N4O5. The first-order chi connectivity index (χ1) is 16.0. The predicted molar refractivity (Wildman–Crippen MR) is 119 cm³/mol. The van der Waals surface area contributed by atoms with Crippen molar-refractivity contribution in [3.05, 3.63) is 53.0 Å². The zero-order chi connectivity index (χ0) is 23.4. The lowest BCUT2D eigenvalue weighted by Gasteiger charge is -2.27. The van der Waals surface area contributed by atoms with Gasteiger partial charge in [-0.2, -0.15) is 0 Å². The van der Waals surface area contributed by atoms with Gasteiger partial charge in [0.2, 0.25) is 5.88 Å². The maximum absolute atomic E-state index is 13.1. The van der Waals surface area contributed by atoms with E-state index in [4.69, 9.17) is 4.74 Å². The summed E-state index contributed by atoms with van der Waals surface area (Å²) < 4.78 is 5.06. The Morgan fingerprint density at radius 2 is 1.97 bits per heavy atom. The molecule has 1 atom stereocenters. The number of fused-ring (bicyclic) bond motifs is 1. The average molecular weight is 453 g/mol. The maximum atomic E-state index is 13.1. The molecule has 2 aliphatic rings. The van der Waals surface area contributed by atoms with Crippen LogP contribution < -0.4 is 4.74 Å². The molecule has 1 aliphatic heterocycles. The molecule has 0 bridgehead atoms. The van der Waals surface area contributed by atoms with E-state index in [2.05, 4.69) is 9.97 Å². The number of carboxylic acid groups (broad SMARTS) is 1. The van der Waals surface area contributed by atoms with Gasteiger partial charge in [-0.1, -0.05) is 12.1 Å². The minimum absolute atomic E-state index is 0.0870. The predicted octanol–water partition coefficient (Wildman–Crippen LogP) is 2.89. The molecule has 0 radical (unpaired) electrons. The quantitative estimate of drug-likeness (QED) is 0.582. The minimum atomic E-state index is -1.00. The van der Waals surface area contributed by atoms with E-state index in [0.29, 0.717) is 30.2 Å². The number of ether oxygens (including phenoxy) is 1. The molecule has 9 nitrogen and oxygen atoms in total. The second-order valence-electron chi connectivity index (χ2n) is 8.39. The number of urea groups is 1. The van der Waals surface area contributed by atoms with Gasteiger partial charge in [0.15, 0.2) is 5.78 Å². The lowest BCUT2D eigenvalue weighted by molar-refractivity contribution is -0.138. The molecule has 2 amide bonds. The molecule has 0 saturated carbocycles. The molecule has 0 unspecified atom stereocenters. The number of aryl methyl sites for hydroxylation is 2. The first kappa shape index (κ1) is 22.7. The standard InChI is InChI=1S/C24H28N4O5/c1-33-22-9-7-17(15-25-22)20(14-23(30)31)28-13-12-27(24(28)32)11-10-21(29)19-8-6-16-4-2-3-5-18(16)26-19/h6-9,15,20H,2-5,10-14H2,1H3,(H,30,31)/t20-/m0/s1. The van der Waals surface area contributed by atoms with Gasteiger partial charge in [0, 0.05) is 44.0 Å². The highest BCUT2D eigenvalue weighted by Crippen LogP contribution is 2.29. The zero-order valence-corrected chi connectivity index (χ0v) is 18.7. The molecule has 0 aromatic carbocycles. The van der Waals surface area contributed by atoms with Crippen LogP contribution in [0.1, 0.15) is 59.0 Å². The van der Waals surface area contributed by atoms with E-state index >= 15 is 0 Å². The highest BCUT2D eigenvalue weighted by molar-refractivity contribution is 5.94. The molecule has 2 aromatic heterocycles. The van der Waals surface area contributed by atoms with E-state index in [0.717, 1.165) is 31.4 Å². The molecular weight excluding hydrogens is 424 g/mol. The third kappa shape index (κ3) is 5.13. The van der Waals surface area contributed by atoms with Crippen molar-refractivity contribution in [2.45, 2.75) is 44.6 Å². The molecule has 1 N–H and O–H groups in total. The first-order valence-corrected chi connectivity index (χ1v) is 11.3. The highest BCUT2D eigenvalue weighted by Gasteiger charge is 2.35. The molecule has 33 heavy (non-hydrogen) atoms. The Morgan fingerprint density at radius 3 is 2.70 bits per heavy atom. The second kappa shape index (κ2) is 9.97. The number of ketones is 1. The van der Waals surface area contributed by atoms with Gasteiger partial charge in [-0.3, -0.25) is 9.59 Å². The van der Waals surface area contributed by atoms with Gasteiger partial charge in [-0.15, -0.1) is 0 Å². The summed E-state index contributed by atoms with van der Waals surface area (Å²) in [6.45, 7) is 1.09. The Bertz CT molecular complexity index is 1040. The number of carboxylic acids is 1. The van der Waals surface area contributed by atoms with Gasteiger partial charge < -0.3 is 19.6 Å². The molecule has 3 heterocycles. The number of hydrogen-bond acceptors (Lipinski definition) is 6. The number of amides is 2. The molecule has 174 valence electrons. The maximum Gasteiger partial charge on any atom is 0.320 e. The minimum Gasteiger partial charge on any atom is -0.481 e. The summed E-state index contributed by atoms with van der Waals surface area (Å²) in [7, 11) is 1.50. The number of rotatable bonds is 9. The van der Waals surface area contributed by atoms with Crippen molar-refractivity contribution in [1.82, 2.24) is 19.8 Å². The fourth-order valence-electron chi connectivity index (χ4n) is 4.48. The fourth-order valence-corrected chi connectivity index (χ4v) is 4.48. The van der Waals surface area contributed by atoms with E-state index in [1.165, 1.54) is 18.9 Å². The lowest BCUT2D eigenvalue weighted by Crippen LogP contribution is -2.36. The topological polar surface area (TPSA) is 113 Å². The van der Waals surface area contributed by atoms with E-state index < -0.39 is 12.0 Å². The van der Waals surface area contributed by atoms with E-state index in [-0.39, 0.29) is 31.2 Å². The number of hydrogen-bond donors (Lipinski definition) is 1. The van der Waals surface area contributed by atoms with Gasteiger partial charge in [-0.25, -0.2) is 14.8 Å². The zero-order valence-electron chi connectivity index (χ0n) is 18.7. The van der Waals surface area contributed by atoms with Gasteiger partial charge >= 0.3 is 12.0 Å². The van der Waals surface area contributed by atoms with Crippen molar-refractivity contribution in [1.29, 1.82) is 0 Å². The molecule has 1 fully saturated rings. The highest BCUT2D eigenvalue weighted by atomic mass is 16.5. The third-order valence-electron chi connectivity index (χ3n) is 6.30. The van der Waals surface area contributed by atoms with Crippen LogP contribution in [0.25, 0.3) is 0 Å². The monoisotopic (exact) mass is 452 g/mol. The Labute approximate surface area is 192 Å². The van der Waals surface area contributed by atoms with Crippen LogP contribution in [0.4, 0.5) is 4.79 Å². The summed E-state index contributed by atoms with van der Waals surface area (Å²) in [5, 5.41) is 9.40. The molecule has 4 rings (SSSR count). The van der Waals surface area contributed by atoms with Crippen molar-refractivity contribution in [3.63, 3.8) is 0 Å². The summed E-state index contributed by atoms with van der Waals surface area (Å²) in [5.41, 5.74) is 3.32. The van der Waals surface area contributed by atoms with Gasteiger partial charge in [-0.05, 0) is 42.9 Å². The number of carbonyl (C=O) groups is 3. The number of methoxy groups -OCH3 is 1. The lowest BCUT2D eigenvalue weighted by atomic mass is 9.95. The Hall–Kier alpha value is -3.49. The van der Waals surface area contributed by atoms with Crippen molar-refractivity contribution in [2.75, 3.05) is 26.7 Å². The normalized spacial score (nSPS) is 16.5. The Kier molecular flexibility index (Phi) is 6.86. The third-order valence-corrected chi connectivity index (χ3v) is 6.30. The molecule has 9 heteroatoms. The van der Waals surface area contributed by atoms with Crippen LogP contribution in [-0.4, -0.2) is 69.4 Å². The first-order valence-electron chi connectivity index (χ1n) is 11.3. The van der Waals surface area contributed by atoms with E-state index in [1.54, 1.807) is 28.0 Å². The SMILES string of the molecule is COc1ccc([C@H](CC(=O)O)N2CCN(CCC(=O)c3ccc4c(n3)CCCC4)C2=O)cn1. The van der Waals surface area contributed by atoms with Crippen molar-refractivity contribution in [3.8, 4) is 5.88 Å². The van der Waals surface area contributed by atoms with E-state index in [9.17, 15) is 19.5 Å². The number of carbonyl (C=O) groups excluding carboxylic acids is 2.